The summed E-state index contributed by atoms with van der Waals surface area (Å²) < 4.78 is 0. The predicted octanol–water partition coefficient (Wildman–Crippen LogP) is 5.50. The number of rotatable bonds is 1. The Morgan fingerprint density at radius 3 is 2.05 bits per heavy atom. The highest BCUT2D eigenvalue weighted by molar-refractivity contribution is 4.77. The molecule has 1 heteroatoms. The van der Waals surface area contributed by atoms with E-state index < -0.39 is 0 Å². The molecule has 2 aliphatic rings. The maximum Gasteiger partial charge on any atom is 0.000926 e. The number of hydrogen-bond donors (Lipinski definition) is 0. The van der Waals surface area contributed by atoms with E-state index >= 15 is 0 Å². The summed E-state index contributed by atoms with van der Waals surface area (Å²) in [6.07, 6.45) is 17.8. The van der Waals surface area contributed by atoms with Crippen LogP contribution in [0.4, 0.5) is 0 Å². The van der Waals surface area contributed by atoms with Crippen LogP contribution in [-0.2, 0) is 0 Å². The second kappa shape index (κ2) is 9.07. The third-order valence-electron chi connectivity index (χ3n) is 5.80. The lowest BCUT2D eigenvalue weighted by molar-refractivity contribution is 0.179. The van der Waals surface area contributed by atoms with Gasteiger partial charge in [0.1, 0.15) is 0 Å². The summed E-state index contributed by atoms with van der Waals surface area (Å²) in [4.78, 5) is 2.63. The minimum atomic E-state index is 0.969. The van der Waals surface area contributed by atoms with Gasteiger partial charge in [0, 0.05) is 6.54 Å². The van der Waals surface area contributed by atoms with E-state index in [4.69, 9.17) is 0 Å². The highest BCUT2D eigenvalue weighted by Crippen LogP contribution is 2.34. The summed E-state index contributed by atoms with van der Waals surface area (Å²) in [5.74, 6) is 2.97. The third-order valence-corrected chi connectivity index (χ3v) is 5.80. The topological polar surface area (TPSA) is 3.24 Å². The maximum absolute atomic E-state index is 2.63. The Morgan fingerprint density at radius 2 is 1.30 bits per heavy atom. The molecule has 20 heavy (non-hydrogen) atoms. The van der Waals surface area contributed by atoms with E-state index in [-0.39, 0.29) is 0 Å². The maximum atomic E-state index is 2.63. The van der Waals surface area contributed by atoms with Gasteiger partial charge >= 0.3 is 0 Å². The zero-order valence-electron chi connectivity index (χ0n) is 14.1. The lowest BCUT2D eigenvalue weighted by atomic mass is 9.78. The Hall–Kier alpha value is -0.0400. The van der Waals surface area contributed by atoms with E-state index in [9.17, 15) is 0 Å². The van der Waals surface area contributed by atoms with Gasteiger partial charge in [-0.3, -0.25) is 0 Å². The molecular weight excluding hydrogens is 242 g/mol. The van der Waals surface area contributed by atoms with Crippen molar-refractivity contribution in [2.45, 2.75) is 84.0 Å². The quantitative estimate of drug-likeness (QED) is 0.613. The molecule has 1 aliphatic carbocycles. The van der Waals surface area contributed by atoms with Gasteiger partial charge in [-0.15, -0.1) is 0 Å². The van der Waals surface area contributed by atoms with Crippen LogP contribution < -0.4 is 0 Å². The lowest BCUT2D eigenvalue weighted by Crippen LogP contribution is -2.31. The molecule has 0 amide bonds. The van der Waals surface area contributed by atoms with Crippen molar-refractivity contribution in [3.05, 3.63) is 0 Å². The van der Waals surface area contributed by atoms with Crippen LogP contribution in [-0.4, -0.2) is 25.0 Å². The summed E-state index contributed by atoms with van der Waals surface area (Å²) in [5, 5.41) is 0. The first-order valence-corrected chi connectivity index (χ1v) is 9.44. The number of nitrogens with zero attached hydrogens (tertiary/aromatic N) is 1. The standard InChI is InChI=1S/C19H37N/c1-17-11-7-3-4-8-12-18(15-17)19-13-9-5-6-10-14-20(2)16-19/h17-19H,3-16H2,1-2H3. The van der Waals surface area contributed by atoms with Gasteiger partial charge in [-0.05, 0) is 50.6 Å². The van der Waals surface area contributed by atoms with Crippen molar-refractivity contribution in [2.75, 3.05) is 20.1 Å². The molecule has 0 aromatic rings. The van der Waals surface area contributed by atoms with Gasteiger partial charge in [0.25, 0.3) is 0 Å². The monoisotopic (exact) mass is 279 g/mol. The van der Waals surface area contributed by atoms with Crippen molar-refractivity contribution < 1.29 is 0 Å². The fourth-order valence-corrected chi connectivity index (χ4v) is 4.54. The largest absolute Gasteiger partial charge is 0.306 e. The molecule has 2 rings (SSSR count). The van der Waals surface area contributed by atoms with Gasteiger partial charge in [0.05, 0.1) is 0 Å². The summed E-state index contributed by atoms with van der Waals surface area (Å²) in [6.45, 7) is 5.22. The Balaban J connectivity index is 1.95. The predicted molar refractivity (Wildman–Crippen MR) is 89.0 cm³/mol. The van der Waals surface area contributed by atoms with Gasteiger partial charge in [0.15, 0.2) is 0 Å². The first-order chi connectivity index (χ1) is 9.75. The normalized spacial score (nSPS) is 36.0. The van der Waals surface area contributed by atoms with Crippen molar-refractivity contribution >= 4 is 0 Å². The van der Waals surface area contributed by atoms with Crippen molar-refractivity contribution in [3.63, 3.8) is 0 Å². The van der Waals surface area contributed by atoms with Crippen LogP contribution in [0.25, 0.3) is 0 Å². The molecule has 1 nitrogen and oxygen atoms in total. The van der Waals surface area contributed by atoms with E-state index in [0.717, 1.165) is 17.8 Å². The number of hydrogen-bond acceptors (Lipinski definition) is 1. The second-order valence-corrected chi connectivity index (χ2v) is 7.82. The van der Waals surface area contributed by atoms with E-state index in [1.54, 1.807) is 0 Å². The Morgan fingerprint density at radius 1 is 0.700 bits per heavy atom. The Kier molecular flexibility index (Phi) is 7.41. The zero-order valence-corrected chi connectivity index (χ0v) is 14.1. The minimum Gasteiger partial charge on any atom is -0.306 e. The molecule has 0 aromatic carbocycles. The van der Waals surface area contributed by atoms with E-state index in [2.05, 4.69) is 18.9 Å². The summed E-state index contributed by atoms with van der Waals surface area (Å²) in [7, 11) is 2.36. The fourth-order valence-electron chi connectivity index (χ4n) is 4.54. The zero-order chi connectivity index (χ0) is 14.2. The summed E-state index contributed by atoms with van der Waals surface area (Å²) in [5.41, 5.74) is 0. The Bertz CT molecular complexity index is 224. The SMILES string of the molecule is CC1CCCCCCC(C2CCCCCCN(C)C2)C1. The highest BCUT2D eigenvalue weighted by atomic mass is 15.1. The first kappa shape index (κ1) is 16.3. The third kappa shape index (κ3) is 5.76. The van der Waals surface area contributed by atoms with Crippen LogP contribution >= 0.6 is 0 Å². The van der Waals surface area contributed by atoms with Crippen molar-refractivity contribution in [2.24, 2.45) is 17.8 Å². The minimum absolute atomic E-state index is 0.969. The highest BCUT2D eigenvalue weighted by Gasteiger charge is 2.25. The second-order valence-electron chi connectivity index (χ2n) is 7.82. The van der Waals surface area contributed by atoms with Crippen molar-refractivity contribution in [1.82, 2.24) is 4.90 Å². The molecular formula is C19H37N. The molecule has 0 spiro atoms. The average Bonchev–Trinajstić information content (AvgIpc) is 2.59. The molecule has 1 saturated heterocycles. The van der Waals surface area contributed by atoms with Crippen molar-refractivity contribution in [1.29, 1.82) is 0 Å². The van der Waals surface area contributed by atoms with Crippen molar-refractivity contribution in [3.8, 4) is 0 Å². The molecule has 1 heterocycles. The smallest absolute Gasteiger partial charge is 0.000926 e. The van der Waals surface area contributed by atoms with Gasteiger partial charge in [0.2, 0.25) is 0 Å². The molecule has 2 fully saturated rings. The van der Waals surface area contributed by atoms with Gasteiger partial charge < -0.3 is 4.90 Å². The molecule has 0 N–H and O–H groups in total. The van der Waals surface area contributed by atoms with E-state index in [1.807, 2.05) is 0 Å². The molecule has 118 valence electrons. The van der Waals surface area contributed by atoms with E-state index in [0.29, 0.717) is 0 Å². The molecule has 0 aromatic heterocycles. The van der Waals surface area contributed by atoms with Crippen LogP contribution in [0.5, 0.6) is 0 Å². The fraction of sp³-hybridized carbons (Fsp3) is 1.00. The van der Waals surface area contributed by atoms with Crippen LogP contribution in [0, 0.1) is 17.8 Å². The molecule has 0 bridgehead atoms. The lowest BCUT2D eigenvalue weighted by Gasteiger charge is -2.32. The van der Waals surface area contributed by atoms with E-state index in [1.165, 1.54) is 90.1 Å². The van der Waals surface area contributed by atoms with Gasteiger partial charge in [-0.1, -0.05) is 64.7 Å². The van der Waals surface area contributed by atoms with Gasteiger partial charge in [-0.25, -0.2) is 0 Å². The first-order valence-electron chi connectivity index (χ1n) is 9.44. The summed E-state index contributed by atoms with van der Waals surface area (Å²) in [6, 6.07) is 0. The molecule has 1 saturated carbocycles. The molecule has 0 radical (unpaired) electrons. The molecule has 3 atom stereocenters. The van der Waals surface area contributed by atoms with Crippen LogP contribution in [0.15, 0.2) is 0 Å². The van der Waals surface area contributed by atoms with Crippen LogP contribution in [0.3, 0.4) is 0 Å². The Labute approximate surface area is 127 Å². The summed E-state index contributed by atoms with van der Waals surface area (Å²) >= 11 is 0. The van der Waals surface area contributed by atoms with Crippen LogP contribution in [0.2, 0.25) is 0 Å². The molecule has 3 unspecified atom stereocenters. The van der Waals surface area contributed by atoms with Crippen LogP contribution in [0.1, 0.15) is 84.0 Å². The van der Waals surface area contributed by atoms with Gasteiger partial charge in [-0.2, -0.15) is 0 Å². The average molecular weight is 280 g/mol. The molecule has 1 aliphatic heterocycles.